The highest BCUT2D eigenvalue weighted by molar-refractivity contribution is 6.30. The molecule has 2 amide bonds. The molecule has 0 bridgehead atoms. The molecule has 4 heterocycles. The minimum Gasteiger partial charge on any atom is -0.445 e. The molecule has 0 spiro atoms. The van der Waals surface area contributed by atoms with Crippen LogP contribution in [0.3, 0.4) is 0 Å². The number of hydrogen-bond acceptors (Lipinski definition) is 5. The Morgan fingerprint density at radius 2 is 2.06 bits per heavy atom. The molecule has 8 nitrogen and oxygen atoms in total. The predicted octanol–water partition coefficient (Wildman–Crippen LogP) is 2.96. The average Bonchev–Trinajstić information content (AvgIpc) is 3.44. The topological polar surface area (TPSA) is 79.7 Å². The molecule has 9 heteroatoms. The average molecular weight is 458 g/mol. The number of hydrogen-bond donors (Lipinski definition) is 1. The van der Waals surface area contributed by atoms with E-state index >= 15 is 0 Å². The zero-order chi connectivity index (χ0) is 22.2. The van der Waals surface area contributed by atoms with Gasteiger partial charge in [0.2, 0.25) is 0 Å². The molecule has 3 aliphatic heterocycles. The van der Waals surface area contributed by atoms with Crippen LogP contribution >= 0.6 is 11.6 Å². The first-order chi connectivity index (χ1) is 15.5. The minimum atomic E-state index is -0.371. The third-order valence-electron chi connectivity index (χ3n) is 6.61. The molecule has 170 valence electrons. The Morgan fingerprint density at radius 1 is 1.19 bits per heavy atom. The van der Waals surface area contributed by atoms with E-state index in [9.17, 15) is 9.59 Å². The van der Waals surface area contributed by atoms with Crippen LogP contribution in [0.2, 0.25) is 5.02 Å². The minimum absolute atomic E-state index is 0.00720. The molecular weight excluding hydrogens is 430 g/mol. The molecule has 2 unspecified atom stereocenters. The number of aromatic nitrogens is 2. The summed E-state index contributed by atoms with van der Waals surface area (Å²) in [7, 11) is 0. The van der Waals surface area contributed by atoms with Crippen molar-refractivity contribution in [2.45, 2.75) is 58.0 Å². The van der Waals surface area contributed by atoms with Crippen LogP contribution in [0.1, 0.15) is 46.6 Å². The van der Waals surface area contributed by atoms with Crippen molar-refractivity contribution >= 4 is 23.6 Å². The van der Waals surface area contributed by atoms with Crippen LogP contribution < -0.4 is 5.32 Å². The van der Waals surface area contributed by atoms with Crippen LogP contribution in [0.25, 0.3) is 0 Å². The molecule has 0 saturated carbocycles. The van der Waals surface area contributed by atoms with E-state index in [-0.39, 0.29) is 24.6 Å². The number of benzene rings is 1. The van der Waals surface area contributed by atoms with Gasteiger partial charge in [-0.05, 0) is 62.1 Å². The maximum atomic E-state index is 13.1. The van der Waals surface area contributed by atoms with E-state index in [1.165, 1.54) is 0 Å². The number of amides is 2. The highest BCUT2D eigenvalue weighted by Crippen LogP contribution is 2.27. The summed E-state index contributed by atoms with van der Waals surface area (Å²) in [6.45, 7) is 5.49. The third kappa shape index (κ3) is 4.21. The summed E-state index contributed by atoms with van der Waals surface area (Å²) in [4.78, 5) is 29.5. The lowest BCUT2D eigenvalue weighted by molar-refractivity contribution is 0.0730. The van der Waals surface area contributed by atoms with Gasteiger partial charge in [-0.3, -0.25) is 9.48 Å². The normalized spacial score (nSPS) is 22.4. The molecular formula is C23H28ClN5O3. The number of nitrogens with zero attached hydrogens (tertiary/aromatic N) is 4. The van der Waals surface area contributed by atoms with Gasteiger partial charge in [-0.25, -0.2) is 4.79 Å². The number of nitrogens with one attached hydrogen (secondary N) is 1. The number of carbonyl (C=O) groups is 2. The lowest BCUT2D eigenvalue weighted by Crippen LogP contribution is -2.38. The predicted molar refractivity (Wildman–Crippen MR) is 119 cm³/mol. The first-order valence-corrected chi connectivity index (χ1v) is 11.6. The fraction of sp³-hybridized carbons (Fsp3) is 0.522. The Balaban J connectivity index is 1.24. The first-order valence-electron chi connectivity index (χ1n) is 11.3. The van der Waals surface area contributed by atoms with Gasteiger partial charge in [0.15, 0.2) is 5.69 Å². The van der Waals surface area contributed by atoms with Crippen molar-refractivity contribution in [2.75, 3.05) is 19.6 Å². The molecule has 0 aliphatic carbocycles. The van der Waals surface area contributed by atoms with Crippen LogP contribution in [-0.2, 0) is 24.4 Å². The van der Waals surface area contributed by atoms with Gasteiger partial charge in [0.05, 0.1) is 12.2 Å². The molecule has 1 aromatic carbocycles. The van der Waals surface area contributed by atoms with E-state index in [0.29, 0.717) is 36.4 Å². The van der Waals surface area contributed by atoms with Crippen molar-refractivity contribution < 1.29 is 14.3 Å². The number of ether oxygens (including phenoxy) is 1. The summed E-state index contributed by atoms with van der Waals surface area (Å²) in [6, 6.07) is 8.15. The quantitative estimate of drug-likeness (QED) is 0.766. The van der Waals surface area contributed by atoms with Crippen molar-refractivity contribution in [3.05, 3.63) is 51.8 Å². The number of fused-ring (bicyclic) bond motifs is 2. The van der Waals surface area contributed by atoms with E-state index in [0.717, 1.165) is 49.2 Å². The highest BCUT2D eigenvalue weighted by atomic mass is 35.5. The largest absolute Gasteiger partial charge is 0.445 e. The Morgan fingerprint density at radius 3 is 2.91 bits per heavy atom. The van der Waals surface area contributed by atoms with Crippen LogP contribution in [0.4, 0.5) is 4.79 Å². The molecule has 2 saturated heterocycles. The van der Waals surface area contributed by atoms with Gasteiger partial charge >= 0.3 is 6.09 Å². The van der Waals surface area contributed by atoms with Gasteiger partial charge in [-0.15, -0.1) is 0 Å². The Hall–Kier alpha value is -2.58. The second kappa shape index (κ2) is 8.75. The Bertz CT molecular complexity index is 1020. The number of rotatable bonds is 3. The molecule has 2 aromatic rings. The number of aryl methyl sites for hydroxylation is 2. The second-order valence-corrected chi connectivity index (χ2v) is 9.35. The summed E-state index contributed by atoms with van der Waals surface area (Å²) in [5.74, 6) is -0.00720. The van der Waals surface area contributed by atoms with Gasteiger partial charge in [-0.1, -0.05) is 17.7 Å². The van der Waals surface area contributed by atoms with Crippen molar-refractivity contribution in [3.8, 4) is 0 Å². The SMILES string of the molecule is Cc1cc(Cl)cc(COC(=O)N2CCCn3nc(C(=O)N4CCC5NCCC54)cc3C2)c1. The monoisotopic (exact) mass is 457 g/mol. The smallest absolute Gasteiger partial charge is 0.410 e. The summed E-state index contributed by atoms with van der Waals surface area (Å²) >= 11 is 6.10. The summed E-state index contributed by atoms with van der Waals surface area (Å²) in [5, 5.41) is 8.69. The summed E-state index contributed by atoms with van der Waals surface area (Å²) in [6.07, 6.45) is 2.38. The van der Waals surface area contributed by atoms with Crippen molar-refractivity contribution in [1.82, 2.24) is 24.9 Å². The molecule has 1 aromatic heterocycles. The molecule has 5 rings (SSSR count). The van der Waals surface area contributed by atoms with Crippen LogP contribution in [-0.4, -0.2) is 63.3 Å². The van der Waals surface area contributed by atoms with Gasteiger partial charge in [-0.2, -0.15) is 5.10 Å². The zero-order valence-corrected chi connectivity index (χ0v) is 19.0. The Kier molecular flexibility index (Phi) is 5.82. The fourth-order valence-electron chi connectivity index (χ4n) is 5.12. The number of likely N-dealkylation sites (tertiary alicyclic amines) is 1. The molecule has 32 heavy (non-hydrogen) atoms. The standard InChI is InChI=1S/C23H28ClN5O3/c1-15-9-16(11-17(24)10-15)14-32-23(31)27-6-2-7-29-18(13-27)12-20(26-29)22(30)28-8-4-19-21(28)3-5-25-19/h9-12,19,21,25H,2-8,13-14H2,1H3. The van der Waals surface area contributed by atoms with Gasteiger partial charge < -0.3 is 19.9 Å². The van der Waals surface area contributed by atoms with E-state index in [1.54, 1.807) is 11.0 Å². The fourth-order valence-corrected chi connectivity index (χ4v) is 5.43. The van der Waals surface area contributed by atoms with Crippen molar-refractivity contribution in [2.24, 2.45) is 0 Å². The Labute approximate surface area is 192 Å². The summed E-state index contributed by atoms with van der Waals surface area (Å²) < 4.78 is 7.41. The van der Waals surface area contributed by atoms with Gasteiger partial charge in [0, 0.05) is 36.7 Å². The molecule has 2 atom stereocenters. The number of carbonyl (C=O) groups excluding carboxylic acids is 2. The lowest BCUT2D eigenvalue weighted by atomic mass is 10.1. The molecule has 2 fully saturated rings. The first kappa shape index (κ1) is 21.3. The third-order valence-corrected chi connectivity index (χ3v) is 6.83. The van der Waals surface area contributed by atoms with E-state index in [2.05, 4.69) is 10.4 Å². The van der Waals surface area contributed by atoms with Crippen LogP contribution in [0.5, 0.6) is 0 Å². The van der Waals surface area contributed by atoms with Crippen LogP contribution in [0, 0.1) is 6.92 Å². The maximum Gasteiger partial charge on any atom is 0.410 e. The van der Waals surface area contributed by atoms with E-state index in [1.807, 2.05) is 34.7 Å². The lowest BCUT2D eigenvalue weighted by Gasteiger charge is -2.22. The van der Waals surface area contributed by atoms with Crippen LogP contribution in [0.15, 0.2) is 24.3 Å². The van der Waals surface area contributed by atoms with Crippen molar-refractivity contribution in [3.63, 3.8) is 0 Å². The molecule has 1 N–H and O–H groups in total. The molecule has 0 radical (unpaired) electrons. The zero-order valence-electron chi connectivity index (χ0n) is 18.2. The second-order valence-electron chi connectivity index (χ2n) is 8.91. The number of halogens is 1. The van der Waals surface area contributed by atoms with Gasteiger partial charge in [0.25, 0.3) is 5.91 Å². The van der Waals surface area contributed by atoms with Gasteiger partial charge in [0.1, 0.15) is 6.61 Å². The maximum absolute atomic E-state index is 13.1. The van der Waals surface area contributed by atoms with E-state index < -0.39 is 0 Å². The highest BCUT2D eigenvalue weighted by Gasteiger charge is 2.40. The summed E-state index contributed by atoms with van der Waals surface area (Å²) in [5.41, 5.74) is 3.22. The van der Waals surface area contributed by atoms with E-state index in [4.69, 9.17) is 16.3 Å². The van der Waals surface area contributed by atoms with Crippen molar-refractivity contribution in [1.29, 1.82) is 0 Å². The molecule has 3 aliphatic rings.